The van der Waals surface area contributed by atoms with E-state index in [9.17, 15) is 9.18 Å². The van der Waals surface area contributed by atoms with Gasteiger partial charge in [-0.25, -0.2) is 9.18 Å². The Morgan fingerprint density at radius 3 is 3.00 bits per heavy atom. The number of carbonyl (C=O) groups is 1. The normalized spacial score (nSPS) is 10.7. The largest absolute Gasteiger partial charge is 0.465 e. The number of fused-ring (bicyclic) bond motifs is 1. The molecule has 0 radical (unpaired) electrons. The highest BCUT2D eigenvalue weighted by molar-refractivity contribution is 5.84. The van der Waals surface area contributed by atoms with Gasteiger partial charge in [0.2, 0.25) is 0 Å². The number of hydrogen-bond acceptors (Lipinski definition) is 1. The number of benzene rings is 1. The minimum Gasteiger partial charge on any atom is -0.465 e. The third-order valence-corrected chi connectivity index (χ3v) is 2.70. The molecule has 0 spiro atoms. The first-order valence-corrected chi connectivity index (χ1v) is 5.28. The Kier molecular flexibility index (Phi) is 2.99. The van der Waals surface area contributed by atoms with Crippen molar-refractivity contribution >= 4 is 17.0 Å². The molecule has 1 aromatic heterocycles. The summed E-state index contributed by atoms with van der Waals surface area (Å²) in [5.74, 6) is -0.281. The van der Waals surface area contributed by atoms with Gasteiger partial charge in [0.25, 0.3) is 0 Å². The number of rotatable bonds is 3. The molecule has 17 heavy (non-hydrogen) atoms. The van der Waals surface area contributed by atoms with E-state index in [1.54, 1.807) is 6.07 Å². The van der Waals surface area contributed by atoms with Gasteiger partial charge in [-0.2, -0.15) is 0 Å². The molecule has 0 aliphatic heterocycles. The van der Waals surface area contributed by atoms with Crippen molar-refractivity contribution in [2.75, 3.05) is 6.54 Å². The number of aromatic nitrogens is 1. The zero-order valence-corrected chi connectivity index (χ0v) is 9.40. The van der Waals surface area contributed by atoms with E-state index in [1.165, 1.54) is 12.1 Å². The Morgan fingerprint density at radius 2 is 2.29 bits per heavy atom. The number of hydrogen-bond donors (Lipinski definition) is 2. The molecular formula is C12H13FN2O2. The molecule has 0 saturated heterocycles. The molecule has 0 unspecified atom stereocenters. The third-order valence-electron chi connectivity index (χ3n) is 2.70. The molecule has 0 saturated carbocycles. The van der Waals surface area contributed by atoms with E-state index in [1.807, 2.05) is 17.8 Å². The third kappa shape index (κ3) is 2.38. The second-order valence-corrected chi connectivity index (χ2v) is 3.91. The quantitative estimate of drug-likeness (QED) is 0.857. The van der Waals surface area contributed by atoms with Gasteiger partial charge >= 0.3 is 6.09 Å². The highest BCUT2D eigenvalue weighted by Gasteiger charge is 2.07. The lowest BCUT2D eigenvalue weighted by atomic mass is 10.1. The van der Waals surface area contributed by atoms with Gasteiger partial charge in [-0.3, -0.25) is 0 Å². The predicted octanol–water partition coefficient (Wildman–Crippen LogP) is 2.13. The maximum atomic E-state index is 13.2. The lowest BCUT2D eigenvalue weighted by Gasteiger charge is -2.00. The Hall–Kier alpha value is -2.04. The lowest BCUT2D eigenvalue weighted by Crippen LogP contribution is -2.23. The number of aryl methyl sites for hydroxylation is 1. The maximum Gasteiger partial charge on any atom is 0.404 e. The number of halogens is 1. The van der Waals surface area contributed by atoms with Crippen LogP contribution >= 0.6 is 0 Å². The highest BCUT2D eigenvalue weighted by Crippen LogP contribution is 2.21. The van der Waals surface area contributed by atoms with Crippen LogP contribution in [-0.4, -0.2) is 22.3 Å². The van der Waals surface area contributed by atoms with Crippen LogP contribution < -0.4 is 5.32 Å². The summed E-state index contributed by atoms with van der Waals surface area (Å²) in [6, 6.07) is 4.62. The van der Waals surface area contributed by atoms with Crippen LogP contribution in [0.25, 0.3) is 10.9 Å². The molecule has 2 aromatic rings. The lowest BCUT2D eigenvalue weighted by molar-refractivity contribution is 0.194. The average Bonchev–Trinajstić information content (AvgIpc) is 2.55. The highest BCUT2D eigenvalue weighted by atomic mass is 19.1. The molecule has 5 heteroatoms. The van der Waals surface area contributed by atoms with Gasteiger partial charge in [0.05, 0.1) is 0 Å². The number of carboxylic acid groups (broad SMARTS) is 1. The van der Waals surface area contributed by atoms with Crippen LogP contribution in [0.3, 0.4) is 0 Å². The fourth-order valence-corrected chi connectivity index (χ4v) is 1.95. The van der Waals surface area contributed by atoms with Crippen molar-refractivity contribution in [1.82, 2.24) is 9.88 Å². The zero-order chi connectivity index (χ0) is 12.4. The summed E-state index contributed by atoms with van der Waals surface area (Å²) in [5, 5.41) is 11.6. The minimum absolute atomic E-state index is 0.281. The van der Waals surface area contributed by atoms with Crippen molar-refractivity contribution in [3.05, 3.63) is 35.8 Å². The second kappa shape index (κ2) is 4.45. The summed E-state index contributed by atoms with van der Waals surface area (Å²) >= 11 is 0. The molecule has 2 rings (SSSR count). The van der Waals surface area contributed by atoms with Crippen molar-refractivity contribution in [3.63, 3.8) is 0 Å². The topological polar surface area (TPSA) is 54.3 Å². The summed E-state index contributed by atoms with van der Waals surface area (Å²) in [7, 11) is 1.88. The van der Waals surface area contributed by atoms with Crippen LogP contribution in [-0.2, 0) is 13.5 Å². The van der Waals surface area contributed by atoms with Crippen LogP contribution in [0.4, 0.5) is 9.18 Å². The summed E-state index contributed by atoms with van der Waals surface area (Å²) in [4.78, 5) is 10.3. The molecule has 1 heterocycles. The van der Waals surface area contributed by atoms with E-state index >= 15 is 0 Å². The first-order chi connectivity index (χ1) is 8.08. The fraction of sp³-hybridized carbons (Fsp3) is 0.250. The molecule has 1 amide bonds. The summed E-state index contributed by atoms with van der Waals surface area (Å²) in [6.07, 6.45) is 1.40. The van der Waals surface area contributed by atoms with Gasteiger partial charge in [0.1, 0.15) is 5.82 Å². The molecular weight excluding hydrogens is 223 g/mol. The fourth-order valence-electron chi connectivity index (χ4n) is 1.95. The first kappa shape index (κ1) is 11.4. The molecule has 90 valence electrons. The van der Waals surface area contributed by atoms with E-state index in [-0.39, 0.29) is 5.82 Å². The van der Waals surface area contributed by atoms with Gasteiger partial charge in [-0.1, -0.05) is 0 Å². The van der Waals surface area contributed by atoms with E-state index in [0.29, 0.717) is 13.0 Å². The van der Waals surface area contributed by atoms with Crippen molar-refractivity contribution in [2.45, 2.75) is 6.42 Å². The van der Waals surface area contributed by atoms with E-state index < -0.39 is 6.09 Å². The molecule has 0 bridgehead atoms. The molecule has 0 fully saturated rings. The molecule has 0 atom stereocenters. The van der Waals surface area contributed by atoms with E-state index in [0.717, 1.165) is 16.5 Å². The van der Waals surface area contributed by atoms with E-state index in [4.69, 9.17) is 5.11 Å². The van der Waals surface area contributed by atoms with Crippen LogP contribution in [0.2, 0.25) is 0 Å². The molecule has 1 aromatic carbocycles. The molecule has 4 nitrogen and oxygen atoms in total. The number of nitrogens with one attached hydrogen (secondary N) is 1. The van der Waals surface area contributed by atoms with Gasteiger partial charge in [0.15, 0.2) is 0 Å². The summed E-state index contributed by atoms with van der Waals surface area (Å²) in [5.41, 5.74) is 1.88. The smallest absolute Gasteiger partial charge is 0.404 e. The summed E-state index contributed by atoms with van der Waals surface area (Å²) < 4.78 is 15.1. The van der Waals surface area contributed by atoms with Gasteiger partial charge in [-0.05, 0) is 30.2 Å². The molecule has 0 aliphatic rings. The minimum atomic E-state index is -1.04. The Balaban J connectivity index is 2.27. The van der Waals surface area contributed by atoms with Crippen LogP contribution in [0, 0.1) is 5.82 Å². The van der Waals surface area contributed by atoms with Crippen molar-refractivity contribution in [2.24, 2.45) is 7.05 Å². The average molecular weight is 236 g/mol. The van der Waals surface area contributed by atoms with Crippen LogP contribution in [0.5, 0.6) is 0 Å². The first-order valence-electron chi connectivity index (χ1n) is 5.28. The SMILES string of the molecule is Cn1cc(CCNC(=O)O)c2cc(F)ccc21. The number of nitrogens with zero attached hydrogens (tertiary/aromatic N) is 1. The second-order valence-electron chi connectivity index (χ2n) is 3.91. The van der Waals surface area contributed by atoms with Crippen LogP contribution in [0.15, 0.2) is 24.4 Å². The van der Waals surface area contributed by atoms with Gasteiger partial charge < -0.3 is 15.0 Å². The van der Waals surface area contributed by atoms with E-state index in [2.05, 4.69) is 5.32 Å². The van der Waals surface area contributed by atoms with Gasteiger partial charge in [-0.15, -0.1) is 0 Å². The van der Waals surface area contributed by atoms with Crippen molar-refractivity contribution in [1.29, 1.82) is 0 Å². The van der Waals surface area contributed by atoms with Crippen molar-refractivity contribution < 1.29 is 14.3 Å². The summed E-state index contributed by atoms with van der Waals surface area (Å²) in [6.45, 7) is 0.324. The zero-order valence-electron chi connectivity index (χ0n) is 9.40. The molecule has 2 N–H and O–H groups in total. The Labute approximate surface area is 97.7 Å². The van der Waals surface area contributed by atoms with Crippen molar-refractivity contribution in [3.8, 4) is 0 Å². The standard InChI is InChI=1S/C12H13FN2O2/c1-15-7-8(4-5-14-12(16)17)10-6-9(13)2-3-11(10)15/h2-3,6-7,14H,4-5H2,1H3,(H,16,17). The Bertz CT molecular complexity index is 563. The predicted molar refractivity (Wildman–Crippen MR) is 62.6 cm³/mol. The molecule has 0 aliphatic carbocycles. The monoisotopic (exact) mass is 236 g/mol. The van der Waals surface area contributed by atoms with Gasteiger partial charge in [0, 0.05) is 30.7 Å². The van der Waals surface area contributed by atoms with Crippen LogP contribution in [0.1, 0.15) is 5.56 Å². The number of amides is 1. The maximum absolute atomic E-state index is 13.2. The Morgan fingerprint density at radius 1 is 1.53 bits per heavy atom.